The predicted octanol–water partition coefficient (Wildman–Crippen LogP) is 4.21. The number of nitrogens with zero attached hydrogens (tertiary/aromatic N) is 2. The van der Waals surface area contributed by atoms with Gasteiger partial charge in [0.1, 0.15) is 11.5 Å². The second-order valence-corrected chi connectivity index (χ2v) is 4.96. The highest BCUT2D eigenvalue weighted by Gasteiger charge is 2.10. The van der Waals surface area contributed by atoms with Crippen molar-refractivity contribution in [3.63, 3.8) is 0 Å². The molecule has 0 aliphatic heterocycles. The normalized spacial score (nSPS) is 11.1. The lowest BCUT2D eigenvalue weighted by Gasteiger charge is -2.00. The van der Waals surface area contributed by atoms with Gasteiger partial charge in [-0.05, 0) is 47.1 Å². The lowest BCUT2D eigenvalue weighted by Crippen LogP contribution is -1.89. The van der Waals surface area contributed by atoms with Gasteiger partial charge in [0.15, 0.2) is 0 Å². The third-order valence-corrected chi connectivity index (χ3v) is 3.81. The van der Waals surface area contributed by atoms with E-state index < -0.39 is 0 Å². The molecular weight excluding hydrogens is 295 g/mol. The topological polar surface area (TPSA) is 17.3 Å². The Balaban J connectivity index is 2.26. The van der Waals surface area contributed by atoms with E-state index in [-0.39, 0.29) is 5.82 Å². The van der Waals surface area contributed by atoms with Crippen LogP contribution in [0.5, 0.6) is 0 Å². The summed E-state index contributed by atoms with van der Waals surface area (Å²) in [4.78, 5) is 4.45. The predicted molar refractivity (Wildman–Crippen MR) is 73.0 cm³/mol. The highest BCUT2D eigenvalue weighted by atomic mass is 79.9. The zero-order chi connectivity index (χ0) is 12.7. The number of fused-ring (bicyclic) bond motifs is 1. The molecule has 0 amide bonds. The monoisotopic (exact) mass is 304 g/mol. The van der Waals surface area contributed by atoms with Crippen LogP contribution in [0.3, 0.4) is 0 Å². The van der Waals surface area contributed by atoms with Crippen molar-refractivity contribution in [2.45, 2.75) is 6.92 Å². The maximum Gasteiger partial charge on any atom is 0.137 e. The Morgan fingerprint density at radius 3 is 2.72 bits per heavy atom. The summed E-state index contributed by atoms with van der Waals surface area (Å²) in [7, 11) is 0. The summed E-state index contributed by atoms with van der Waals surface area (Å²) in [6.45, 7) is 1.99. The standard InChI is InChI=1S/C14H10BrFN2/c1-9-11(15)6-7-14-17-13(8-18(9)14)10-4-2-3-5-12(10)16/h2-8H,1H3. The van der Waals surface area contributed by atoms with E-state index in [9.17, 15) is 4.39 Å². The molecule has 0 fully saturated rings. The first-order valence-corrected chi connectivity index (χ1v) is 6.35. The number of aryl methyl sites for hydroxylation is 1. The molecule has 18 heavy (non-hydrogen) atoms. The van der Waals surface area contributed by atoms with Crippen molar-refractivity contribution < 1.29 is 4.39 Å². The molecule has 0 saturated carbocycles. The molecule has 1 aromatic carbocycles. The zero-order valence-corrected chi connectivity index (χ0v) is 11.3. The third-order valence-electron chi connectivity index (χ3n) is 2.97. The van der Waals surface area contributed by atoms with Crippen molar-refractivity contribution in [3.8, 4) is 11.3 Å². The number of pyridine rings is 1. The summed E-state index contributed by atoms with van der Waals surface area (Å²) in [5.74, 6) is -0.252. The van der Waals surface area contributed by atoms with Crippen molar-refractivity contribution in [2.75, 3.05) is 0 Å². The van der Waals surface area contributed by atoms with Crippen molar-refractivity contribution >= 4 is 21.6 Å². The first-order valence-electron chi connectivity index (χ1n) is 5.56. The molecule has 2 heterocycles. The van der Waals surface area contributed by atoms with E-state index in [2.05, 4.69) is 20.9 Å². The number of aromatic nitrogens is 2. The van der Waals surface area contributed by atoms with E-state index >= 15 is 0 Å². The van der Waals surface area contributed by atoms with Gasteiger partial charge in [-0.2, -0.15) is 0 Å². The van der Waals surface area contributed by atoms with Gasteiger partial charge in [0, 0.05) is 21.9 Å². The third kappa shape index (κ3) is 1.73. The van der Waals surface area contributed by atoms with Gasteiger partial charge in [-0.25, -0.2) is 9.37 Å². The van der Waals surface area contributed by atoms with Crippen LogP contribution in [0.25, 0.3) is 16.9 Å². The van der Waals surface area contributed by atoms with Gasteiger partial charge in [-0.15, -0.1) is 0 Å². The van der Waals surface area contributed by atoms with Gasteiger partial charge in [0.25, 0.3) is 0 Å². The van der Waals surface area contributed by atoms with Crippen molar-refractivity contribution in [2.24, 2.45) is 0 Å². The highest BCUT2D eigenvalue weighted by molar-refractivity contribution is 9.10. The van der Waals surface area contributed by atoms with Gasteiger partial charge >= 0.3 is 0 Å². The van der Waals surface area contributed by atoms with Gasteiger partial charge < -0.3 is 4.40 Å². The first-order chi connectivity index (χ1) is 8.66. The first kappa shape index (κ1) is 11.4. The van der Waals surface area contributed by atoms with Crippen molar-refractivity contribution in [1.29, 1.82) is 0 Å². The summed E-state index contributed by atoms with van der Waals surface area (Å²) in [6, 6.07) is 10.5. The van der Waals surface area contributed by atoms with E-state index in [1.165, 1.54) is 6.07 Å². The molecule has 0 N–H and O–H groups in total. The second-order valence-electron chi connectivity index (χ2n) is 4.10. The van der Waals surface area contributed by atoms with Gasteiger partial charge in [-0.3, -0.25) is 0 Å². The molecule has 4 heteroatoms. The molecule has 2 nitrogen and oxygen atoms in total. The summed E-state index contributed by atoms with van der Waals surface area (Å²) >= 11 is 3.47. The van der Waals surface area contributed by atoms with Gasteiger partial charge in [0.2, 0.25) is 0 Å². The Labute approximate surface area is 112 Å². The lowest BCUT2D eigenvalue weighted by atomic mass is 10.1. The summed E-state index contributed by atoms with van der Waals surface area (Å²) in [5, 5.41) is 0. The van der Waals surface area contributed by atoms with E-state index in [1.54, 1.807) is 12.1 Å². The van der Waals surface area contributed by atoms with Crippen LogP contribution in [0.1, 0.15) is 5.69 Å². The van der Waals surface area contributed by atoms with Gasteiger partial charge in [0.05, 0.1) is 5.69 Å². The fraction of sp³-hybridized carbons (Fsp3) is 0.0714. The number of hydrogen-bond donors (Lipinski definition) is 0. The van der Waals surface area contributed by atoms with E-state index in [4.69, 9.17) is 0 Å². The summed E-state index contributed by atoms with van der Waals surface area (Å²) < 4.78 is 16.7. The van der Waals surface area contributed by atoms with E-state index in [0.717, 1.165) is 15.8 Å². The number of rotatable bonds is 1. The molecule has 0 radical (unpaired) electrons. The Kier molecular flexibility index (Phi) is 2.67. The maximum atomic E-state index is 13.7. The minimum atomic E-state index is -0.252. The SMILES string of the molecule is Cc1c(Br)ccc2nc(-c3ccccc3F)cn12. The molecule has 3 aromatic rings. The molecule has 2 aromatic heterocycles. The number of imidazole rings is 1. The van der Waals surface area contributed by atoms with E-state index in [0.29, 0.717) is 11.3 Å². The van der Waals surface area contributed by atoms with Crippen molar-refractivity contribution in [3.05, 3.63) is 58.6 Å². The molecule has 0 aliphatic rings. The smallest absolute Gasteiger partial charge is 0.137 e. The Morgan fingerprint density at radius 1 is 1.17 bits per heavy atom. The minimum Gasteiger partial charge on any atom is -0.303 e. The molecular formula is C14H10BrFN2. The van der Waals surface area contributed by atoms with Crippen LogP contribution in [0.2, 0.25) is 0 Å². The Hall–Kier alpha value is -1.68. The van der Waals surface area contributed by atoms with Gasteiger partial charge in [-0.1, -0.05) is 12.1 Å². The number of halogens is 2. The maximum absolute atomic E-state index is 13.7. The highest BCUT2D eigenvalue weighted by Crippen LogP contribution is 2.25. The van der Waals surface area contributed by atoms with Crippen LogP contribution >= 0.6 is 15.9 Å². The van der Waals surface area contributed by atoms with Crippen LogP contribution in [0.4, 0.5) is 4.39 Å². The quantitative estimate of drug-likeness (QED) is 0.658. The number of hydrogen-bond acceptors (Lipinski definition) is 1. The molecule has 3 rings (SSSR count). The van der Waals surface area contributed by atoms with Crippen molar-refractivity contribution in [1.82, 2.24) is 9.38 Å². The fourth-order valence-electron chi connectivity index (χ4n) is 1.96. The van der Waals surface area contributed by atoms with Crippen LogP contribution in [-0.4, -0.2) is 9.38 Å². The molecule has 0 saturated heterocycles. The largest absolute Gasteiger partial charge is 0.303 e. The molecule has 0 aliphatic carbocycles. The molecule has 0 bridgehead atoms. The summed E-state index contributed by atoms with van der Waals surface area (Å²) in [6.07, 6.45) is 1.86. The Bertz CT molecular complexity index is 734. The molecule has 0 spiro atoms. The summed E-state index contributed by atoms with van der Waals surface area (Å²) in [5.41, 5.74) is 3.03. The van der Waals surface area contributed by atoms with Crippen LogP contribution < -0.4 is 0 Å². The minimum absolute atomic E-state index is 0.252. The lowest BCUT2D eigenvalue weighted by molar-refractivity contribution is 0.631. The number of benzene rings is 1. The average molecular weight is 305 g/mol. The van der Waals surface area contributed by atoms with Crippen LogP contribution in [0, 0.1) is 12.7 Å². The molecule has 90 valence electrons. The van der Waals surface area contributed by atoms with Crippen LogP contribution in [-0.2, 0) is 0 Å². The van der Waals surface area contributed by atoms with Crippen LogP contribution in [0.15, 0.2) is 47.1 Å². The molecule has 0 unspecified atom stereocenters. The second kappa shape index (κ2) is 4.21. The average Bonchev–Trinajstić information content (AvgIpc) is 2.79. The molecule has 0 atom stereocenters. The van der Waals surface area contributed by atoms with E-state index in [1.807, 2.05) is 35.7 Å². The fourth-order valence-corrected chi connectivity index (χ4v) is 2.29. The zero-order valence-electron chi connectivity index (χ0n) is 9.69. The Morgan fingerprint density at radius 2 is 1.94 bits per heavy atom.